The molecule has 5 heteroatoms. The van der Waals surface area contributed by atoms with Crippen LogP contribution in [0.4, 0.5) is 5.69 Å². The van der Waals surface area contributed by atoms with Crippen molar-refractivity contribution >= 4 is 38.9 Å². The largest absolute Gasteiger partial charge is 0.506 e. The average Bonchev–Trinajstić information content (AvgIpc) is 3.13. The van der Waals surface area contributed by atoms with Gasteiger partial charge < -0.3 is 9.52 Å². The molecule has 0 atom stereocenters. The molecule has 0 radical (unpaired) electrons. The molecule has 1 heterocycles. The smallest absolute Gasteiger partial charge is 0.227 e. The lowest BCUT2D eigenvalue weighted by molar-refractivity contribution is 0.470. The average molecular weight is 421 g/mol. The van der Waals surface area contributed by atoms with Gasteiger partial charge in [0.2, 0.25) is 5.89 Å². The van der Waals surface area contributed by atoms with Crippen LogP contribution in [0, 0.1) is 13.8 Å². The van der Waals surface area contributed by atoms with Gasteiger partial charge in [0.25, 0.3) is 0 Å². The van der Waals surface area contributed by atoms with Crippen molar-refractivity contribution in [3.8, 4) is 17.2 Å². The predicted molar refractivity (Wildman–Crippen MR) is 112 cm³/mol. The molecule has 0 bridgehead atoms. The fraction of sp³-hybridized carbons (Fsp3) is 0.0909. The second-order valence-electron chi connectivity index (χ2n) is 6.37. The van der Waals surface area contributed by atoms with Crippen molar-refractivity contribution in [2.24, 2.45) is 4.99 Å². The van der Waals surface area contributed by atoms with E-state index in [9.17, 15) is 5.11 Å². The molecule has 0 aliphatic heterocycles. The number of aromatic hydroxyl groups is 1. The van der Waals surface area contributed by atoms with Crippen molar-refractivity contribution < 1.29 is 9.52 Å². The number of benzene rings is 3. The lowest BCUT2D eigenvalue weighted by Crippen LogP contribution is -1.90. The molecule has 134 valence electrons. The van der Waals surface area contributed by atoms with Crippen LogP contribution >= 0.6 is 15.9 Å². The molecule has 0 aliphatic rings. The Labute approximate surface area is 165 Å². The number of nitrogens with zero attached hydrogens (tertiary/aromatic N) is 2. The maximum absolute atomic E-state index is 10.3. The van der Waals surface area contributed by atoms with Crippen LogP contribution in [0.3, 0.4) is 0 Å². The number of hydrogen-bond donors (Lipinski definition) is 1. The van der Waals surface area contributed by atoms with Gasteiger partial charge in [0.15, 0.2) is 5.58 Å². The Morgan fingerprint density at radius 2 is 1.89 bits per heavy atom. The number of para-hydroxylation sites is 2. The number of halogens is 1. The number of aryl methyl sites for hydroxylation is 1. The highest BCUT2D eigenvalue weighted by molar-refractivity contribution is 9.10. The Hall–Kier alpha value is -2.92. The van der Waals surface area contributed by atoms with E-state index in [0.29, 0.717) is 15.9 Å². The third kappa shape index (κ3) is 3.38. The summed E-state index contributed by atoms with van der Waals surface area (Å²) < 4.78 is 6.52. The minimum Gasteiger partial charge on any atom is -0.506 e. The zero-order chi connectivity index (χ0) is 19.0. The summed E-state index contributed by atoms with van der Waals surface area (Å²) >= 11 is 3.43. The maximum Gasteiger partial charge on any atom is 0.227 e. The van der Waals surface area contributed by atoms with Gasteiger partial charge in [-0.15, -0.1) is 0 Å². The number of fused-ring (bicyclic) bond motifs is 1. The quantitative estimate of drug-likeness (QED) is 0.393. The van der Waals surface area contributed by atoms with E-state index in [1.165, 1.54) is 0 Å². The predicted octanol–water partition coefficient (Wildman–Crippen LogP) is 6.33. The van der Waals surface area contributed by atoms with Crippen LogP contribution in [0.1, 0.15) is 16.7 Å². The number of phenolic OH excluding ortho intramolecular Hbond substituents is 1. The van der Waals surface area contributed by atoms with Gasteiger partial charge in [0, 0.05) is 17.3 Å². The minimum atomic E-state index is 0.192. The van der Waals surface area contributed by atoms with E-state index in [-0.39, 0.29) is 5.75 Å². The molecule has 0 fully saturated rings. The van der Waals surface area contributed by atoms with Gasteiger partial charge in [0.05, 0.1) is 10.2 Å². The second-order valence-corrected chi connectivity index (χ2v) is 7.16. The molecule has 0 saturated heterocycles. The van der Waals surface area contributed by atoms with Crippen molar-refractivity contribution in [1.29, 1.82) is 0 Å². The van der Waals surface area contributed by atoms with Crippen molar-refractivity contribution in [3.63, 3.8) is 0 Å². The van der Waals surface area contributed by atoms with Gasteiger partial charge in [-0.05, 0) is 77.3 Å². The summed E-state index contributed by atoms with van der Waals surface area (Å²) in [6.07, 6.45) is 1.66. The summed E-state index contributed by atoms with van der Waals surface area (Å²) in [7, 11) is 0. The molecule has 3 aromatic carbocycles. The van der Waals surface area contributed by atoms with Gasteiger partial charge >= 0.3 is 0 Å². The Morgan fingerprint density at radius 1 is 1.07 bits per heavy atom. The molecule has 0 amide bonds. The Balaban J connectivity index is 1.68. The standard InChI is InChI=1S/C22H17BrN2O2/c1-13-10-16(21(26)20(23)14(13)2)12-24-17-7-5-6-15(11-17)22-25-18-8-3-4-9-19(18)27-22/h3-12,26H,1-2H3. The molecule has 4 rings (SSSR count). The number of rotatable bonds is 3. The summed E-state index contributed by atoms with van der Waals surface area (Å²) in [6, 6.07) is 17.3. The van der Waals surface area contributed by atoms with Crippen molar-refractivity contribution in [2.75, 3.05) is 0 Å². The van der Waals surface area contributed by atoms with E-state index in [1.807, 2.05) is 68.4 Å². The van der Waals surface area contributed by atoms with Gasteiger partial charge in [0.1, 0.15) is 11.3 Å². The lowest BCUT2D eigenvalue weighted by atomic mass is 10.1. The van der Waals surface area contributed by atoms with Crippen LogP contribution in [-0.4, -0.2) is 16.3 Å². The second kappa shape index (κ2) is 7.00. The fourth-order valence-electron chi connectivity index (χ4n) is 2.84. The molecular formula is C22H17BrN2O2. The van der Waals surface area contributed by atoms with Gasteiger partial charge in [-0.2, -0.15) is 0 Å². The number of aromatic nitrogens is 1. The van der Waals surface area contributed by atoms with E-state index < -0.39 is 0 Å². The fourth-order valence-corrected chi connectivity index (χ4v) is 3.39. The zero-order valence-corrected chi connectivity index (χ0v) is 16.5. The van der Waals surface area contributed by atoms with Gasteiger partial charge in [-0.3, -0.25) is 4.99 Å². The zero-order valence-electron chi connectivity index (χ0n) is 14.9. The van der Waals surface area contributed by atoms with E-state index in [2.05, 4.69) is 25.9 Å². The summed E-state index contributed by atoms with van der Waals surface area (Å²) in [5, 5.41) is 10.3. The van der Waals surface area contributed by atoms with E-state index in [4.69, 9.17) is 4.42 Å². The third-order valence-corrected chi connectivity index (χ3v) is 5.48. The summed E-state index contributed by atoms with van der Waals surface area (Å²) in [5.41, 5.74) is 5.95. The normalized spacial score (nSPS) is 11.5. The summed E-state index contributed by atoms with van der Waals surface area (Å²) in [4.78, 5) is 9.04. The maximum atomic E-state index is 10.3. The van der Waals surface area contributed by atoms with Crippen molar-refractivity contribution in [3.05, 3.63) is 75.8 Å². The van der Waals surface area contributed by atoms with E-state index in [1.54, 1.807) is 6.21 Å². The minimum absolute atomic E-state index is 0.192. The van der Waals surface area contributed by atoms with E-state index >= 15 is 0 Å². The van der Waals surface area contributed by atoms with Crippen LogP contribution in [0.5, 0.6) is 5.75 Å². The van der Waals surface area contributed by atoms with Crippen LogP contribution in [0.25, 0.3) is 22.6 Å². The lowest BCUT2D eigenvalue weighted by Gasteiger charge is -2.08. The molecule has 1 aromatic heterocycles. The van der Waals surface area contributed by atoms with Crippen molar-refractivity contribution in [2.45, 2.75) is 13.8 Å². The van der Waals surface area contributed by atoms with Crippen LogP contribution in [0.2, 0.25) is 0 Å². The molecule has 1 N–H and O–H groups in total. The molecule has 27 heavy (non-hydrogen) atoms. The summed E-state index contributed by atoms with van der Waals surface area (Å²) in [5.74, 6) is 0.752. The van der Waals surface area contributed by atoms with Gasteiger partial charge in [-0.25, -0.2) is 4.98 Å². The first-order valence-corrected chi connectivity index (χ1v) is 9.31. The highest BCUT2D eigenvalue weighted by atomic mass is 79.9. The highest BCUT2D eigenvalue weighted by Gasteiger charge is 2.10. The Morgan fingerprint density at radius 3 is 2.70 bits per heavy atom. The number of phenols is 1. The Bertz CT molecular complexity index is 1150. The molecule has 0 spiro atoms. The third-order valence-electron chi connectivity index (χ3n) is 4.51. The van der Waals surface area contributed by atoms with Crippen LogP contribution in [0.15, 0.2) is 68.5 Å². The molecule has 0 unspecified atom stereocenters. The first-order valence-electron chi connectivity index (χ1n) is 8.51. The summed E-state index contributed by atoms with van der Waals surface area (Å²) in [6.45, 7) is 3.97. The van der Waals surface area contributed by atoms with Crippen molar-refractivity contribution in [1.82, 2.24) is 4.98 Å². The number of aliphatic imine (C=N–C) groups is 1. The SMILES string of the molecule is Cc1cc(C=Nc2cccc(-c3nc4ccccc4o3)c2)c(O)c(Br)c1C. The first-order chi connectivity index (χ1) is 13.0. The van der Waals surface area contributed by atoms with Crippen LogP contribution in [-0.2, 0) is 0 Å². The Kier molecular flexibility index (Phi) is 4.54. The van der Waals surface area contributed by atoms with Crippen LogP contribution < -0.4 is 0 Å². The highest BCUT2D eigenvalue weighted by Crippen LogP contribution is 2.33. The molecular weight excluding hydrogens is 404 g/mol. The number of oxazole rings is 1. The monoisotopic (exact) mass is 420 g/mol. The molecule has 4 aromatic rings. The molecule has 0 saturated carbocycles. The number of hydrogen-bond acceptors (Lipinski definition) is 4. The van der Waals surface area contributed by atoms with E-state index in [0.717, 1.165) is 33.5 Å². The topological polar surface area (TPSA) is 58.6 Å². The van der Waals surface area contributed by atoms with Gasteiger partial charge in [-0.1, -0.05) is 18.2 Å². The molecule has 0 aliphatic carbocycles. The first kappa shape index (κ1) is 17.5. The molecule has 4 nitrogen and oxygen atoms in total.